The number of anilines is 2. The van der Waals surface area contributed by atoms with Crippen molar-refractivity contribution in [1.29, 1.82) is 0 Å². The third-order valence-electron chi connectivity index (χ3n) is 10.7. The Kier molecular flexibility index (Phi) is 20.0. The molecule has 0 fully saturated rings. The van der Waals surface area contributed by atoms with Crippen LogP contribution < -0.4 is 36.9 Å². The number of halogens is 6. The Labute approximate surface area is 488 Å². The fourth-order valence-corrected chi connectivity index (χ4v) is 12.0. The number of fused-ring (bicyclic) bond motifs is 5. The van der Waals surface area contributed by atoms with E-state index < -0.39 is 49.4 Å². The van der Waals surface area contributed by atoms with Crippen LogP contribution in [0.4, 0.5) is 11.4 Å². The van der Waals surface area contributed by atoms with Crippen LogP contribution in [0, 0.1) is 6.92 Å². The lowest BCUT2D eigenvalue weighted by Crippen LogP contribution is -2.15. The Balaban J connectivity index is 0.000000158. The minimum atomic E-state index is -4.02. The molecule has 0 radical (unpaired) electrons. The molecule has 0 spiro atoms. The van der Waals surface area contributed by atoms with Gasteiger partial charge in [-0.2, -0.15) is 0 Å². The summed E-state index contributed by atoms with van der Waals surface area (Å²) in [7, 11) is -6.98. The van der Waals surface area contributed by atoms with E-state index in [1.54, 1.807) is 62.8 Å². The van der Waals surface area contributed by atoms with Gasteiger partial charge in [-0.1, -0.05) is 93.5 Å². The van der Waals surface area contributed by atoms with Gasteiger partial charge < -0.3 is 20.6 Å². The first-order chi connectivity index (χ1) is 36.4. The second-order valence-electron chi connectivity index (χ2n) is 16.1. The van der Waals surface area contributed by atoms with Gasteiger partial charge >= 0.3 is 0 Å². The summed E-state index contributed by atoms with van der Waals surface area (Å²) in [5.41, 5.74) is 4.90. The third-order valence-corrected chi connectivity index (χ3v) is 17.3. The average Bonchev–Trinajstić information content (AvgIpc) is 3.36. The summed E-state index contributed by atoms with van der Waals surface area (Å²) in [5, 5.41) is 24.1. The van der Waals surface area contributed by atoms with Gasteiger partial charge in [-0.15, -0.1) is 0 Å². The number of sulfonamides is 3. The first-order valence-corrected chi connectivity index (χ1v) is 32.1. The van der Waals surface area contributed by atoms with Crippen molar-refractivity contribution in [3.8, 4) is 0 Å². The number of nitrogens with two attached hydrogens (primary N) is 3. The number of pyridine rings is 5. The number of hydrogen-bond donors (Lipinski definition) is 7. The highest BCUT2D eigenvalue weighted by Crippen LogP contribution is 2.32. The summed E-state index contributed by atoms with van der Waals surface area (Å²) in [6.45, 7) is 1.95. The molecule has 0 unspecified atom stereocenters. The van der Waals surface area contributed by atoms with Crippen LogP contribution in [0.25, 0.3) is 54.5 Å². The molecule has 5 aromatic heterocycles. The van der Waals surface area contributed by atoms with Crippen molar-refractivity contribution in [3.63, 3.8) is 0 Å². The minimum Gasteiger partial charge on any atom is -0.386 e. The van der Waals surface area contributed by atoms with Crippen LogP contribution in [0.5, 0.6) is 0 Å². The van der Waals surface area contributed by atoms with Crippen molar-refractivity contribution in [2.75, 3.05) is 24.7 Å². The Morgan fingerprint density at radius 2 is 0.897 bits per heavy atom. The molecule has 0 atom stereocenters. The van der Waals surface area contributed by atoms with Crippen molar-refractivity contribution in [2.45, 2.75) is 26.5 Å². The van der Waals surface area contributed by atoms with Gasteiger partial charge in [0.2, 0.25) is 35.5 Å². The standard InChI is InChI=1S/C11H13N3O2S.C10H10BrN3O2S.C9H6BrClN2O2S.C9H5BrClNO3S.C9H6BrNO/c1-7-3-4-8-9(5-7)14-6-10(11(8)13-2)17(12,15)16;1-13-10-7-3-2-6(11)4-8(7)14-5-9(10)17(12,15)16;10-5-1-2-6-7(3-5)13-4-8(9(6)11)16(12,14)15;10-5-1-2-6-7(3-5)12-4-8(9(6)13)16(11,14)15;10-6-1-2-7-8(5-6)11-4-3-9(7)12/h3-6H,1-2H3,(H,13,14)(H2,12,15,16);2-5H,1H3,(H,13,14)(H2,12,15,16);1-4H,(H2,12,14,15);1-4H,(H,12,13);1-5H,(H,11,12). The molecule has 0 saturated carbocycles. The Hall–Kier alpha value is -5.47. The zero-order valence-electron chi connectivity index (χ0n) is 40.2. The molecule has 10 N–H and O–H groups in total. The molecular weight excluding hydrogens is 1400 g/mol. The molecule has 10 rings (SSSR count). The maximum atomic E-state index is 11.8. The largest absolute Gasteiger partial charge is 0.386 e. The van der Waals surface area contributed by atoms with Crippen LogP contribution >= 0.6 is 86.0 Å². The van der Waals surface area contributed by atoms with E-state index in [2.05, 4.69) is 99.3 Å². The van der Waals surface area contributed by atoms with Crippen molar-refractivity contribution in [1.82, 2.24) is 24.9 Å². The van der Waals surface area contributed by atoms with Gasteiger partial charge in [-0.25, -0.2) is 49.1 Å². The van der Waals surface area contributed by atoms with E-state index in [4.69, 9.17) is 37.7 Å². The Bertz CT molecular complexity index is 4460. The molecule has 78 heavy (non-hydrogen) atoms. The average molecular weight is 1440 g/mol. The number of aromatic nitrogens is 5. The SMILES string of the molecule is CNc1c(S(N)(=O)=O)cnc2cc(Br)ccc12.CNc1c(S(N)(=O)=O)cnc2cc(C)ccc12.NS(=O)(=O)c1cnc2cc(Br)ccc2c1Cl.O=c1c(S(=O)(=O)Cl)c[nH]c2cc(Br)ccc12.O=c1cc[nH]c2cc(Br)ccc12. The molecule has 0 aliphatic carbocycles. The number of rotatable bonds is 6. The number of aromatic amines is 2. The smallest absolute Gasteiger partial charge is 0.266 e. The minimum absolute atomic E-state index is 0.00479. The summed E-state index contributed by atoms with van der Waals surface area (Å²) >= 11 is 19.2. The predicted octanol–water partition coefficient (Wildman–Crippen LogP) is 9.73. The van der Waals surface area contributed by atoms with Crippen LogP contribution in [0.2, 0.25) is 5.02 Å². The normalized spacial score (nSPS) is 11.6. The molecule has 0 aliphatic rings. The molecular formula is C48H40Br4Cl2N10O10S4. The van der Waals surface area contributed by atoms with Gasteiger partial charge in [0.1, 0.15) is 19.6 Å². The summed E-state index contributed by atoms with van der Waals surface area (Å²) in [5.74, 6) is 0. The highest BCUT2D eigenvalue weighted by molar-refractivity contribution is 9.11. The second kappa shape index (κ2) is 25.3. The van der Waals surface area contributed by atoms with E-state index in [1.165, 1.54) is 24.5 Å². The number of aryl methyl sites for hydroxylation is 1. The van der Waals surface area contributed by atoms with E-state index in [9.17, 15) is 43.3 Å². The lowest BCUT2D eigenvalue weighted by atomic mass is 10.1. The van der Waals surface area contributed by atoms with Gasteiger partial charge in [-0.3, -0.25) is 24.5 Å². The molecule has 5 heterocycles. The van der Waals surface area contributed by atoms with Crippen LogP contribution in [0.3, 0.4) is 0 Å². The van der Waals surface area contributed by atoms with Crippen molar-refractivity contribution < 1.29 is 33.7 Å². The zero-order chi connectivity index (χ0) is 57.7. The topological polar surface area (TPSA) is 343 Å². The molecule has 0 aliphatic heterocycles. The Morgan fingerprint density at radius 1 is 0.500 bits per heavy atom. The second-order valence-corrected chi connectivity index (χ2v) is 27.2. The molecule has 20 nitrogen and oxygen atoms in total. The van der Waals surface area contributed by atoms with Crippen LogP contribution in [-0.4, -0.2) is 72.7 Å². The molecule has 5 aromatic carbocycles. The van der Waals surface area contributed by atoms with Gasteiger partial charge in [0.15, 0.2) is 5.43 Å². The third kappa shape index (κ3) is 15.2. The molecule has 0 saturated heterocycles. The van der Waals surface area contributed by atoms with Gasteiger partial charge in [0, 0.05) is 107 Å². The van der Waals surface area contributed by atoms with Gasteiger partial charge in [0.25, 0.3) is 9.05 Å². The summed E-state index contributed by atoms with van der Waals surface area (Å²) in [6, 6.07) is 28.2. The lowest BCUT2D eigenvalue weighted by molar-refractivity contribution is 0.596. The summed E-state index contributed by atoms with van der Waals surface area (Å²) < 4.78 is 93.8. The quantitative estimate of drug-likeness (QED) is 0.0762. The van der Waals surface area contributed by atoms with Gasteiger partial charge in [-0.05, 0) is 85.3 Å². The first kappa shape index (κ1) is 61.7. The molecule has 408 valence electrons. The molecule has 10 aromatic rings. The van der Waals surface area contributed by atoms with E-state index in [0.717, 1.165) is 57.7 Å². The maximum absolute atomic E-state index is 11.8. The first-order valence-electron chi connectivity index (χ1n) is 21.6. The van der Waals surface area contributed by atoms with Crippen LogP contribution in [0.1, 0.15) is 5.56 Å². The number of benzene rings is 5. The highest BCUT2D eigenvalue weighted by atomic mass is 79.9. The van der Waals surface area contributed by atoms with Crippen molar-refractivity contribution in [3.05, 3.63) is 177 Å². The number of nitrogens with one attached hydrogen (secondary N) is 4. The van der Waals surface area contributed by atoms with E-state index in [0.29, 0.717) is 38.7 Å². The summed E-state index contributed by atoms with van der Waals surface area (Å²) in [4.78, 5) is 40.4. The van der Waals surface area contributed by atoms with Crippen LogP contribution in [0.15, 0.2) is 175 Å². The maximum Gasteiger partial charge on any atom is 0.266 e. The number of H-pyrrole nitrogens is 2. The van der Waals surface area contributed by atoms with E-state index in [1.807, 2.05) is 49.4 Å². The summed E-state index contributed by atoms with van der Waals surface area (Å²) in [6.07, 6.45) is 6.45. The van der Waals surface area contributed by atoms with Crippen LogP contribution in [-0.2, 0) is 39.1 Å². The number of hydrogen-bond acceptors (Lipinski definition) is 15. The Morgan fingerprint density at radius 3 is 1.37 bits per heavy atom. The van der Waals surface area contributed by atoms with E-state index in [-0.39, 0.29) is 30.5 Å². The van der Waals surface area contributed by atoms with E-state index >= 15 is 0 Å². The fourth-order valence-electron chi connectivity index (χ4n) is 7.20. The number of primary sulfonamides is 3. The lowest BCUT2D eigenvalue weighted by Gasteiger charge is -2.10. The zero-order valence-corrected chi connectivity index (χ0v) is 51.3. The highest BCUT2D eigenvalue weighted by Gasteiger charge is 2.20. The monoisotopic (exact) mass is 1430 g/mol. The van der Waals surface area contributed by atoms with Crippen molar-refractivity contribution >= 4 is 191 Å². The molecule has 30 heteroatoms. The molecule has 0 amide bonds. The molecule has 0 bridgehead atoms. The van der Waals surface area contributed by atoms with Gasteiger partial charge in [0.05, 0.1) is 44.0 Å². The fraction of sp³-hybridized carbons (Fsp3) is 0.0625. The predicted molar refractivity (Wildman–Crippen MR) is 321 cm³/mol. The number of nitrogens with zero attached hydrogens (tertiary/aromatic N) is 3. The van der Waals surface area contributed by atoms with Crippen molar-refractivity contribution in [2.24, 2.45) is 15.4 Å².